The van der Waals surface area contributed by atoms with Gasteiger partial charge >= 0.3 is 0 Å². The molecule has 0 saturated carbocycles. The number of hydrogen-bond donors (Lipinski definition) is 0. The molecule has 0 aromatic heterocycles. The van der Waals surface area contributed by atoms with Gasteiger partial charge in [-0.05, 0) is 71.2 Å². The lowest BCUT2D eigenvalue weighted by Gasteiger charge is -2.23. The topological polar surface area (TPSA) is 20.3 Å². The Morgan fingerprint density at radius 2 is 1.86 bits per heavy atom. The zero-order chi connectivity index (χ0) is 14.7. The molecule has 21 heavy (non-hydrogen) atoms. The minimum Gasteiger partial charge on any atom is -0.312 e. The van der Waals surface area contributed by atoms with E-state index >= 15 is 0 Å². The molecule has 0 atom stereocenters. The summed E-state index contributed by atoms with van der Waals surface area (Å²) < 4.78 is 1.24. The van der Waals surface area contributed by atoms with Crippen LogP contribution < -0.4 is 4.90 Å². The van der Waals surface area contributed by atoms with Crippen LogP contribution in [0.2, 0.25) is 0 Å². The van der Waals surface area contributed by atoms with E-state index in [1.165, 1.54) is 14.7 Å². The first-order valence-electron chi connectivity index (χ1n) is 7.37. The molecule has 0 unspecified atom stereocenters. The second kappa shape index (κ2) is 6.60. The predicted molar refractivity (Wildman–Crippen MR) is 94.6 cm³/mol. The van der Waals surface area contributed by atoms with Crippen LogP contribution in [0, 0.1) is 3.57 Å². The van der Waals surface area contributed by atoms with Crippen LogP contribution in [-0.2, 0) is 17.6 Å². The van der Waals surface area contributed by atoms with Crippen LogP contribution in [0.3, 0.4) is 0 Å². The van der Waals surface area contributed by atoms with Gasteiger partial charge in [0.05, 0.1) is 0 Å². The average molecular weight is 391 g/mol. The zero-order valence-electron chi connectivity index (χ0n) is 11.9. The summed E-state index contributed by atoms with van der Waals surface area (Å²) in [5, 5.41) is 0. The summed E-state index contributed by atoms with van der Waals surface area (Å²) in [4.78, 5) is 14.4. The fourth-order valence-corrected chi connectivity index (χ4v) is 3.40. The fourth-order valence-electron chi connectivity index (χ4n) is 2.85. The van der Waals surface area contributed by atoms with Gasteiger partial charge in [-0.25, -0.2) is 0 Å². The van der Waals surface area contributed by atoms with Gasteiger partial charge in [0.1, 0.15) is 0 Å². The lowest BCUT2D eigenvalue weighted by molar-refractivity contribution is -0.118. The molecule has 2 aromatic carbocycles. The summed E-state index contributed by atoms with van der Waals surface area (Å²) in [6.45, 7) is 0.760. The summed E-state index contributed by atoms with van der Waals surface area (Å²) in [5.41, 5.74) is 3.69. The number of anilines is 1. The molecule has 0 aliphatic carbocycles. The molecule has 0 bridgehead atoms. The monoisotopic (exact) mass is 391 g/mol. The van der Waals surface area contributed by atoms with Crippen LogP contribution >= 0.6 is 22.6 Å². The Balaban J connectivity index is 1.84. The number of fused-ring (bicyclic) bond motifs is 1. The molecule has 3 heteroatoms. The normalized spacial score (nSPS) is 14.7. The van der Waals surface area contributed by atoms with Crippen molar-refractivity contribution in [1.29, 1.82) is 0 Å². The van der Waals surface area contributed by atoms with Crippen LogP contribution in [0.15, 0.2) is 48.5 Å². The fraction of sp³-hybridized carbons (Fsp3) is 0.278. The lowest BCUT2D eigenvalue weighted by atomic mass is 10.1. The Bertz CT molecular complexity index is 639. The Kier molecular flexibility index (Phi) is 4.58. The highest BCUT2D eigenvalue weighted by Crippen LogP contribution is 2.28. The summed E-state index contributed by atoms with van der Waals surface area (Å²) in [6.07, 6.45) is 3.51. The van der Waals surface area contributed by atoms with E-state index in [1.54, 1.807) is 0 Å². The summed E-state index contributed by atoms with van der Waals surface area (Å²) in [6, 6.07) is 16.8. The third-order valence-corrected chi connectivity index (χ3v) is 4.61. The number of aryl methyl sites for hydroxylation is 1. The van der Waals surface area contributed by atoms with E-state index in [0.29, 0.717) is 6.42 Å². The van der Waals surface area contributed by atoms with Gasteiger partial charge in [0.15, 0.2) is 0 Å². The van der Waals surface area contributed by atoms with Crippen LogP contribution in [-0.4, -0.2) is 12.5 Å². The van der Waals surface area contributed by atoms with Gasteiger partial charge in [-0.2, -0.15) is 0 Å². The van der Waals surface area contributed by atoms with Crippen LogP contribution in [0.25, 0.3) is 0 Å². The highest BCUT2D eigenvalue weighted by Gasteiger charge is 2.21. The Hall–Kier alpha value is -1.36. The number of carbonyl (C=O) groups is 1. The second-order valence-corrected chi connectivity index (χ2v) is 6.65. The van der Waals surface area contributed by atoms with Crippen molar-refractivity contribution >= 4 is 34.2 Å². The minimum atomic E-state index is 0.255. The van der Waals surface area contributed by atoms with E-state index < -0.39 is 0 Å². The number of halogens is 1. The number of rotatable bonds is 3. The number of amides is 1. The van der Waals surface area contributed by atoms with Crippen LogP contribution in [0.4, 0.5) is 5.69 Å². The van der Waals surface area contributed by atoms with Crippen LogP contribution in [0.5, 0.6) is 0 Å². The maximum atomic E-state index is 12.4. The molecular weight excluding hydrogens is 373 g/mol. The van der Waals surface area contributed by atoms with Crippen LogP contribution in [0.1, 0.15) is 24.0 Å². The van der Waals surface area contributed by atoms with E-state index in [2.05, 4.69) is 65.1 Å². The van der Waals surface area contributed by atoms with Crippen molar-refractivity contribution in [2.45, 2.75) is 25.7 Å². The van der Waals surface area contributed by atoms with E-state index in [4.69, 9.17) is 0 Å². The van der Waals surface area contributed by atoms with E-state index in [-0.39, 0.29) is 5.91 Å². The molecule has 1 aliphatic heterocycles. The number of hydrogen-bond acceptors (Lipinski definition) is 1. The van der Waals surface area contributed by atoms with Crippen molar-refractivity contribution < 1.29 is 4.79 Å². The van der Waals surface area contributed by atoms with E-state index in [1.807, 2.05) is 11.0 Å². The number of benzene rings is 2. The quantitative estimate of drug-likeness (QED) is 0.719. The van der Waals surface area contributed by atoms with Crippen molar-refractivity contribution in [3.63, 3.8) is 0 Å². The summed E-state index contributed by atoms with van der Waals surface area (Å²) >= 11 is 2.34. The van der Waals surface area contributed by atoms with E-state index in [0.717, 1.165) is 31.5 Å². The highest BCUT2D eigenvalue weighted by atomic mass is 127. The zero-order valence-corrected chi connectivity index (χ0v) is 14.0. The molecule has 0 radical (unpaired) electrons. The van der Waals surface area contributed by atoms with Gasteiger partial charge in [-0.1, -0.05) is 30.3 Å². The SMILES string of the molecule is O=C1CCCc2cc(I)ccc2N1CCc1ccccc1. The summed E-state index contributed by atoms with van der Waals surface area (Å²) in [7, 11) is 0. The minimum absolute atomic E-state index is 0.255. The molecule has 0 spiro atoms. The molecule has 1 aliphatic rings. The molecule has 2 aromatic rings. The molecule has 108 valence electrons. The molecule has 1 heterocycles. The molecule has 0 saturated heterocycles. The molecule has 2 nitrogen and oxygen atoms in total. The van der Waals surface area contributed by atoms with Gasteiger partial charge in [0.25, 0.3) is 0 Å². The third kappa shape index (κ3) is 3.46. The number of carbonyl (C=O) groups excluding carboxylic acids is 1. The molecule has 0 fully saturated rings. The first-order chi connectivity index (χ1) is 10.2. The predicted octanol–water partition coefficient (Wildman–Crippen LogP) is 4.20. The van der Waals surface area contributed by atoms with Crippen molar-refractivity contribution in [3.05, 3.63) is 63.2 Å². The summed E-state index contributed by atoms with van der Waals surface area (Å²) in [5.74, 6) is 0.255. The number of nitrogens with zero attached hydrogens (tertiary/aromatic N) is 1. The van der Waals surface area contributed by atoms with Gasteiger partial charge in [0, 0.05) is 22.2 Å². The van der Waals surface area contributed by atoms with Gasteiger partial charge < -0.3 is 4.90 Å². The van der Waals surface area contributed by atoms with Crippen molar-refractivity contribution in [2.24, 2.45) is 0 Å². The molecular formula is C18H18INO. The first kappa shape index (κ1) is 14.6. The van der Waals surface area contributed by atoms with Gasteiger partial charge in [0.2, 0.25) is 5.91 Å². The average Bonchev–Trinajstić information content (AvgIpc) is 2.64. The smallest absolute Gasteiger partial charge is 0.227 e. The Morgan fingerprint density at radius 3 is 2.67 bits per heavy atom. The van der Waals surface area contributed by atoms with Gasteiger partial charge in [-0.15, -0.1) is 0 Å². The maximum Gasteiger partial charge on any atom is 0.227 e. The van der Waals surface area contributed by atoms with Gasteiger partial charge in [-0.3, -0.25) is 4.79 Å². The Morgan fingerprint density at radius 1 is 1.05 bits per heavy atom. The van der Waals surface area contributed by atoms with E-state index in [9.17, 15) is 4.79 Å². The van der Waals surface area contributed by atoms with Crippen molar-refractivity contribution in [3.8, 4) is 0 Å². The third-order valence-electron chi connectivity index (χ3n) is 3.94. The highest BCUT2D eigenvalue weighted by molar-refractivity contribution is 14.1. The molecule has 1 amide bonds. The lowest BCUT2D eigenvalue weighted by Crippen LogP contribution is -2.32. The molecule has 0 N–H and O–H groups in total. The van der Waals surface area contributed by atoms with Crippen molar-refractivity contribution in [2.75, 3.05) is 11.4 Å². The first-order valence-corrected chi connectivity index (χ1v) is 8.44. The van der Waals surface area contributed by atoms with Crippen molar-refractivity contribution in [1.82, 2.24) is 0 Å². The largest absolute Gasteiger partial charge is 0.312 e. The molecule has 3 rings (SSSR count). The Labute approximate surface area is 139 Å². The second-order valence-electron chi connectivity index (χ2n) is 5.41. The standard InChI is InChI=1S/C18H18INO/c19-16-9-10-17-15(13-16)7-4-8-18(21)20(17)12-11-14-5-2-1-3-6-14/h1-3,5-6,9-10,13H,4,7-8,11-12H2. The maximum absolute atomic E-state index is 12.4.